The molecule has 0 saturated carbocycles. The Bertz CT molecular complexity index is 1410. The summed E-state index contributed by atoms with van der Waals surface area (Å²) in [5, 5.41) is 4.17. The smallest absolute Gasteiger partial charge is 0.272 e. The molecule has 154 valence electrons. The summed E-state index contributed by atoms with van der Waals surface area (Å²) in [6.07, 6.45) is 0. The molecule has 9 heteroatoms. The molecule has 0 fully saturated rings. The highest BCUT2D eigenvalue weighted by Crippen LogP contribution is 2.26. The van der Waals surface area contributed by atoms with E-state index in [1.807, 2.05) is 12.1 Å². The Hall–Kier alpha value is -2.74. The first-order valence-corrected chi connectivity index (χ1v) is 11.2. The average molecular weight is 462 g/mol. The molecule has 30 heavy (non-hydrogen) atoms. The third-order valence-electron chi connectivity index (χ3n) is 4.78. The number of aromatic nitrogens is 2. The summed E-state index contributed by atoms with van der Waals surface area (Å²) in [6.45, 7) is 2.09. The van der Waals surface area contributed by atoms with Crippen LogP contribution in [0.1, 0.15) is 11.1 Å². The first-order chi connectivity index (χ1) is 14.2. The van der Waals surface area contributed by atoms with Crippen LogP contribution in [0.3, 0.4) is 0 Å². The van der Waals surface area contributed by atoms with E-state index >= 15 is 0 Å². The maximum absolute atomic E-state index is 12.8. The SMILES string of the molecule is Cc1c(Cl)cccc1S(=O)(=O)Nc1ccc2c(c1)c(=O)[nH]n2Cc1ccc(Cl)cc1. The minimum atomic E-state index is -3.86. The van der Waals surface area contributed by atoms with Crippen molar-refractivity contribution in [3.05, 3.63) is 92.2 Å². The van der Waals surface area contributed by atoms with Crippen molar-refractivity contribution in [2.75, 3.05) is 4.72 Å². The van der Waals surface area contributed by atoms with Crippen molar-refractivity contribution in [2.45, 2.75) is 18.4 Å². The van der Waals surface area contributed by atoms with Crippen molar-refractivity contribution in [3.8, 4) is 0 Å². The van der Waals surface area contributed by atoms with Crippen molar-refractivity contribution in [1.29, 1.82) is 0 Å². The number of anilines is 1. The van der Waals surface area contributed by atoms with Gasteiger partial charge in [0.1, 0.15) is 0 Å². The van der Waals surface area contributed by atoms with E-state index in [4.69, 9.17) is 23.2 Å². The van der Waals surface area contributed by atoms with Crippen LogP contribution in [0.5, 0.6) is 0 Å². The molecule has 4 rings (SSSR count). The zero-order valence-corrected chi connectivity index (χ0v) is 18.1. The van der Waals surface area contributed by atoms with E-state index in [9.17, 15) is 13.2 Å². The van der Waals surface area contributed by atoms with E-state index in [1.165, 1.54) is 12.1 Å². The normalized spacial score (nSPS) is 11.7. The van der Waals surface area contributed by atoms with Crippen molar-refractivity contribution < 1.29 is 8.42 Å². The highest BCUT2D eigenvalue weighted by Gasteiger charge is 2.19. The fourth-order valence-electron chi connectivity index (χ4n) is 3.25. The second-order valence-electron chi connectivity index (χ2n) is 6.85. The van der Waals surface area contributed by atoms with Crippen molar-refractivity contribution in [1.82, 2.24) is 9.78 Å². The molecule has 0 bridgehead atoms. The maximum atomic E-state index is 12.8. The average Bonchev–Trinajstić information content (AvgIpc) is 3.00. The Labute approximate surface area is 183 Å². The molecule has 3 aromatic carbocycles. The Morgan fingerprint density at radius 3 is 2.50 bits per heavy atom. The van der Waals surface area contributed by atoms with Crippen LogP contribution in [0, 0.1) is 6.92 Å². The van der Waals surface area contributed by atoms with Gasteiger partial charge in [-0.25, -0.2) is 8.42 Å². The predicted octanol–water partition coefficient (Wildman–Crippen LogP) is 4.79. The van der Waals surface area contributed by atoms with Gasteiger partial charge in [0, 0.05) is 15.7 Å². The number of benzene rings is 3. The van der Waals surface area contributed by atoms with Crippen molar-refractivity contribution in [2.24, 2.45) is 0 Å². The first-order valence-electron chi connectivity index (χ1n) is 8.99. The quantitative estimate of drug-likeness (QED) is 0.447. The first kappa shape index (κ1) is 20.5. The number of hydrogen-bond donors (Lipinski definition) is 2. The summed E-state index contributed by atoms with van der Waals surface area (Å²) < 4.78 is 29.8. The molecule has 0 radical (unpaired) electrons. The fourth-order valence-corrected chi connectivity index (χ4v) is 4.92. The molecular formula is C21H17Cl2N3O3S. The lowest BCUT2D eigenvalue weighted by Crippen LogP contribution is -2.14. The molecule has 2 N–H and O–H groups in total. The van der Waals surface area contributed by atoms with Gasteiger partial charge in [0.2, 0.25) is 0 Å². The second kappa shape index (κ2) is 7.83. The number of nitrogens with zero attached hydrogens (tertiary/aromatic N) is 1. The number of nitrogens with one attached hydrogen (secondary N) is 2. The summed E-state index contributed by atoms with van der Waals surface area (Å²) in [4.78, 5) is 12.5. The Kier molecular flexibility index (Phi) is 5.36. The van der Waals surface area contributed by atoms with Gasteiger partial charge >= 0.3 is 0 Å². The van der Waals surface area contributed by atoms with Gasteiger partial charge in [-0.05, 0) is 60.5 Å². The van der Waals surface area contributed by atoms with E-state index in [-0.39, 0.29) is 16.1 Å². The Balaban J connectivity index is 1.67. The number of fused-ring (bicyclic) bond motifs is 1. The van der Waals surface area contributed by atoms with Gasteiger partial charge < -0.3 is 0 Å². The molecule has 0 aliphatic carbocycles. The fraction of sp³-hybridized carbons (Fsp3) is 0.0952. The van der Waals surface area contributed by atoms with E-state index in [1.54, 1.807) is 48.0 Å². The summed E-state index contributed by atoms with van der Waals surface area (Å²) in [5.41, 5.74) is 2.07. The Morgan fingerprint density at radius 1 is 1.03 bits per heavy atom. The van der Waals surface area contributed by atoms with E-state index in [2.05, 4.69) is 9.82 Å². The number of hydrogen-bond acceptors (Lipinski definition) is 3. The molecule has 0 aliphatic heterocycles. The molecule has 1 heterocycles. The molecule has 0 atom stereocenters. The molecule has 4 aromatic rings. The molecule has 0 unspecified atom stereocenters. The van der Waals surface area contributed by atoms with Crippen LogP contribution in [0.2, 0.25) is 10.0 Å². The number of rotatable bonds is 5. The van der Waals surface area contributed by atoms with Crippen LogP contribution in [0.25, 0.3) is 10.9 Å². The number of H-pyrrole nitrogens is 1. The van der Waals surface area contributed by atoms with Crippen LogP contribution in [-0.2, 0) is 16.6 Å². The largest absolute Gasteiger partial charge is 0.280 e. The van der Waals surface area contributed by atoms with Gasteiger partial charge in [0.05, 0.1) is 22.3 Å². The summed E-state index contributed by atoms with van der Waals surface area (Å²) in [7, 11) is -3.86. The molecule has 6 nitrogen and oxygen atoms in total. The minimum Gasteiger partial charge on any atom is -0.280 e. The maximum Gasteiger partial charge on any atom is 0.272 e. The van der Waals surface area contributed by atoms with Gasteiger partial charge in [-0.2, -0.15) is 0 Å². The highest BCUT2D eigenvalue weighted by atomic mass is 35.5. The van der Waals surface area contributed by atoms with Crippen LogP contribution in [0.4, 0.5) is 5.69 Å². The molecule has 0 aliphatic rings. The van der Waals surface area contributed by atoms with Crippen LogP contribution in [-0.4, -0.2) is 18.2 Å². The lowest BCUT2D eigenvalue weighted by molar-refractivity contribution is 0.600. The lowest BCUT2D eigenvalue weighted by Gasteiger charge is -2.11. The van der Waals surface area contributed by atoms with Gasteiger partial charge in [0.25, 0.3) is 15.6 Å². The molecule has 0 saturated heterocycles. The number of halogens is 2. The second-order valence-corrected chi connectivity index (χ2v) is 9.35. The zero-order chi connectivity index (χ0) is 21.5. The number of sulfonamides is 1. The lowest BCUT2D eigenvalue weighted by atomic mass is 10.2. The predicted molar refractivity (Wildman–Crippen MR) is 120 cm³/mol. The summed E-state index contributed by atoms with van der Waals surface area (Å²) >= 11 is 12.0. The Morgan fingerprint density at radius 2 is 1.77 bits per heavy atom. The number of aromatic amines is 1. The van der Waals surface area contributed by atoms with Gasteiger partial charge in [-0.3, -0.25) is 19.3 Å². The third kappa shape index (κ3) is 3.96. The molecule has 0 amide bonds. The minimum absolute atomic E-state index is 0.0873. The highest BCUT2D eigenvalue weighted by molar-refractivity contribution is 7.92. The molecule has 0 spiro atoms. The van der Waals surface area contributed by atoms with Crippen LogP contribution < -0.4 is 10.3 Å². The van der Waals surface area contributed by atoms with E-state index < -0.39 is 10.0 Å². The van der Waals surface area contributed by atoms with E-state index in [0.29, 0.717) is 33.1 Å². The van der Waals surface area contributed by atoms with Crippen molar-refractivity contribution in [3.63, 3.8) is 0 Å². The third-order valence-corrected chi connectivity index (χ3v) is 6.97. The molecule has 1 aromatic heterocycles. The summed E-state index contributed by atoms with van der Waals surface area (Å²) in [5.74, 6) is 0. The zero-order valence-electron chi connectivity index (χ0n) is 15.8. The van der Waals surface area contributed by atoms with Gasteiger partial charge in [-0.1, -0.05) is 41.4 Å². The van der Waals surface area contributed by atoms with Gasteiger partial charge in [-0.15, -0.1) is 0 Å². The summed E-state index contributed by atoms with van der Waals surface area (Å²) in [6, 6.07) is 16.8. The van der Waals surface area contributed by atoms with E-state index in [0.717, 1.165) is 5.56 Å². The van der Waals surface area contributed by atoms with Crippen molar-refractivity contribution >= 4 is 49.8 Å². The van der Waals surface area contributed by atoms with Gasteiger partial charge in [0.15, 0.2) is 0 Å². The van der Waals surface area contributed by atoms with Crippen LogP contribution in [0.15, 0.2) is 70.4 Å². The topological polar surface area (TPSA) is 84.0 Å². The monoisotopic (exact) mass is 461 g/mol. The van der Waals surface area contributed by atoms with Crippen LogP contribution >= 0.6 is 23.2 Å². The standard InChI is InChI=1S/C21H17Cl2N3O3S/c1-13-18(23)3-2-4-20(13)30(28,29)25-16-9-10-19-17(11-16)21(27)24-26(19)12-14-5-7-15(22)8-6-14/h2-11,25H,12H2,1H3,(H,24,27). The molecular weight excluding hydrogens is 445 g/mol.